The first kappa shape index (κ1) is 38.4. The molecule has 2 aliphatic heterocycles. The van der Waals surface area contributed by atoms with Crippen molar-refractivity contribution in [3.63, 3.8) is 0 Å². The number of amides is 6. The number of aliphatic hydroxyl groups is 1. The summed E-state index contributed by atoms with van der Waals surface area (Å²) in [6, 6.07) is 6.26. The molecule has 5 atom stereocenters. The maximum absolute atomic E-state index is 14.0. The first-order chi connectivity index (χ1) is 23.7. The van der Waals surface area contributed by atoms with Crippen LogP contribution < -0.4 is 32.3 Å². The molecule has 0 saturated carbocycles. The molecule has 8 N–H and O–H groups in total. The largest absolute Gasteiger partial charge is 0.391 e. The second-order valence-corrected chi connectivity index (χ2v) is 14.5. The SMILES string of the molecule is Cc1ccsc1-c1ccc([C@H]2NC(=O)NCC(=O)C[C@H](CN)C(=O)NCCOCC(=O)N[C@@H](C(C)(C)C)C(=O)N3C[C@H](O)C[C@H]3C(=O)N2)cc1. The summed E-state index contributed by atoms with van der Waals surface area (Å²) in [5.41, 5.74) is 7.50. The number of hydrogen-bond acceptors (Lipinski definition) is 10. The van der Waals surface area contributed by atoms with Crippen LogP contribution in [0.1, 0.15) is 50.9 Å². The van der Waals surface area contributed by atoms with Gasteiger partial charge in [-0.25, -0.2) is 4.79 Å². The van der Waals surface area contributed by atoms with E-state index in [1.165, 1.54) is 4.90 Å². The molecule has 15 nitrogen and oxygen atoms in total. The summed E-state index contributed by atoms with van der Waals surface area (Å²) in [4.78, 5) is 81.5. The molecular formula is C34H47N7O8S. The van der Waals surface area contributed by atoms with Crippen LogP contribution in [0.3, 0.4) is 0 Å². The number of nitrogens with zero attached hydrogens (tertiary/aromatic N) is 1. The summed E-state index contributed by atoms with van der Waals surface area (Å²) in [6.45, 7) is 6.22. The highest BCUT2D eigenvalue weighted by molar-refractivity contribution is 7.13. The fraction of sp³-hybridized carbons (Fsp3) is 0.529. The molecule has 0 radical (unpaired) electrons. The normalized spacial score (nSPS) is 25.6. The lowest BCUT2D eigenvalue weighted by Crippen LogP contribution is -2.59. The minimum Gasteiger partial charge on any atom is -0.391 e. The third kappa shape index (κ3) is 10.1. The van der Waals surface area contributed by atoms with Gasteiger partial charge in [0, 0.05) is 37.4 Å². The molecule has 50 heavy (non-hydrogen) atoms. The smallest absolute Gasteiger partial charge is 0.317 e. The molecule has 3 heterocycles. The highest BCUT2D eigenvalue weighted by Gasteiger charge is 2.45. The van der Waals surface area contributed by atoms with Crippen LogP contribution in [-0.4, -0.2) is 103 Å². The topological polar surface area (TPSA) is 221 Å². The number of nitrogens with two attached hydrogens (primary N) is 1. The van der Waals surface area contributed by atoms with E-state index in [2.05, 4.69) is 26.6 Å². The highest BCUT2D eigenvalue weighted by atomic mass is 32.1. The number of aryl methyl sites for hydroxylation is 1. The van der Waals surface area contributed by atoms with Crippen molar-refractivity contribution in [2.24, 2.45) is 17.1 Å². The summed E-state index contributed by atoms with van der Waals surface area (Å²) in [5, 5.41) is 25.9. The number of hydrogen-bond donors (Lipinski definition) is 7. The van der Waals surface area contributed by atoms with Gasteiger partial charge in [-0.2, -0.15) is 0 Å². The van der Waals surface area contributed by atoms with E-state index in [0.717, 1.165) is 16.0 Å². The van der Waals surface area contributed by atoms with Gasteiger partial charge in [-0.1, -0.05) is 45.0 Å². The molecule has 272 valence electrons. The van der Waals surface area contributed by atoms with Crippen molar-refractivity contribution >= 4 is 46.8 Å². The van der Waals surface area contributed by atoms with Crippen molar-refractivity contribution in [2.75, 3.05) is 39.4 Å². The zero-order valence-corrected chi connectivity index (χ0v) is 29.6. The third-order valence-corrected chi connectivity index (χ3v) is 9.63. The molecule has 0 unspecified atom stereocenters. The number of carbonyl (C=O) groups excluding carboxylic acids is 6. The molecule has 4 rings (SSSR count). The van der Waals surface area contributed by atoms with E-state index in [4.69, 9.17) is 10.5 Å². The summed E-state index contributed by atoms with van der Waals surface area (Å²) >= 11 is 1.58. The molecule has 0 bridgehead atoms. The maximum Gasteiger partial charge on any atom is 0.317 e. The number of urea groups is 1. The zero-order valence-electron chi connectivity index (χ0n) is 28.7. The quantitative estimate of drug-likeness (QED) is 0.232. The number of Topliss-reactive ketones (excluding diaryl/α,β-unsaturated/α-hetero) is 1. The van der Waals surface area contributed by atoms with Gasteiger partial charge in [-0.15, -0.1) is 11.3 Å². The van der Waals surface area contributed by atoms with Crippen molar-refractivity contribution < 1.29 is 38.6 Å². The van der Waals surface area contributed by atoms with Crippen LogP contribution in [0, 0.1) is 18.3 Å². The molecule has 0 aliphatic carbocycles. The molecule has 2 aliphatic rings. The number of ether oxygens (including phenoxy) is 1. The van der Waals surface area contributed by atoms with Crippen LogP contribution in [0.15, 0.2) is 35.7 Å². The molecule has 16 heteroatoms. The van der Waals surface area contributed by atoms with E-state index in [-0.39, 0.29) is 39.1 Å². The lowest BCUT2D eigenvalue weighted by atomic mass is 9.85. The molecule has 1 aromatic carbocycles. The fourth-order valence-corrected chi connectivity index (χ4v) is 6.74. The van der Waals surface area contributed by atoms with E-state index < -0.39 is 84.3 Å². The Morgan fingerprint density at radius 1 is 0.980 bits per heavy atom. The van der Waals surface area contributed by atoms with Gasteiger partial charge in [-0.3, -0.25) is 24.0 Å². The molecule has 2 fully saturated rings. The van der Waals surface area contributed by atoms with E-state index >= 15 is 0 Å². The predicted octanol–water partition coefficient (Wildman–Crippen LogP) is 0.311. The molecule has 0 spiro atoms. The number of ketones is 1. The predicted molar refractivity (Wildman–Crippen MR) is 185 cm³/mol. The third-order valence-electron chi connectivity index (χ3n) is 8.57. The van der Waals surface area contributed by atoms with Crippen molar-refractivity contribution in [1.82, 2.24) is 31.5 Å². The maximum atomic E-state index is 14.0. The Morgan fingerprint density at radius 3 is 2.34 bits per heavy atom. The Hall–Kier alpha value is -4.38. The van der Waals surface area contributed by atoms with Crippen molar-refractivity contribution in [1.29, 1.82) is 0 Å². The van der Waals surface area contributed by atoms with E-state index in [1.54, 1.807) is 44.2 Å². The number of rotatable bonds is 3. The van der Waals surface area contributed by atoms with Gasteiger partial charge in [-0.05, 0) is 40.5 Å². The van der Waals surface area contributed by atoms with Gasteiger partial charge >= 0.3 is 6.03 Å². The Bertz CT molecular complexity index is 1560. The van der Waals surface area contributed by atoms with E-state index in [0.29, 0.717) is 5.56 Å². The van der Waals surface area contributed by atoms with Gasteiger partial charge in [0.25, 0.3) is 0 Å². The second kappa shape index (κ2) is 17.0. The van der Waals surface area contributed by atoms with Crippen LogP contribution in [0.2, 0.25) is 0 Å². The fourth-order valence-electron chi connectivity index (χ4n) is 5.81. The van der Waals surface area contributed by atoms with Crippen molar-refractivity contribution in [3.05, 3.63) is 46.8 Å². The highest BCUT2D eigenvalue weighted by Crippen LogP contribution is 2.30. The molecular weight excluding hydrogens is 666 g/mol. The van der Waals surface area contributed by atoms with Gasteiger partial charge in [0.15, 0.2) is 5.78 Å². The summed E-state index contributed by atoms with van der Waals surface area (Å²) in [6.07, 6.45) is -2.41. The number of carbonyl (C=O) groups is 6. The molecule has 2 aromatic rings. The lowest BCUT2D eigenvalue weighted by Gasteiger charge is -2.35. The molecule has 6 amide bonds. The van der Waals surface area contributed by atoms with Gasteiger partial charge < -0.3 is 47.1 Å². The summed E-state index contributed by atoms with van der Waals surface area (Å²) in [7, 11) is 0. The Morgan fingerprint density at radius 2 is 1.70 bits per heavy atom. The van der Waals surface area contributed by atoms with E-state index in [9.17, 15) is 33.9 Å². The van der Waals surface area contributed by atoms with Gasteiger partial charge in [0.05, 0.1) is 25.2 Å². The first-order valence-electron chi connectivity index (χ1n) is 16.5. The average molecular weight is 714 g/mol. The number of aliphatic hydroxyl groups excluding tert-OH is 1. The van der Waals surface area contributed by atoms with Crippen LogP contribution in [0.4, 0.5) is 4.79 Å². The Kier molecular flexibility index (Phi) is 13.1. The summed E-state index contributed by atoms with van der Waals surface area (Å²) in [5.74, 6) is -3.58. The number of nitrogens with one attached hydrogen (secondary N) is 5. The van der Waals surface area contributed by atoms with Crippen LogP contribution in [0.25, 0.3) is 10.4 Å². The minimum absolute atomic E-state index is 0.0294. The molecule has 2 saturated heterocycles. The minimum atomic E-state index is -1.12. The van der Waals surface area contributed by atoms with Crippen LogP contribution in [-0.2, 0) is 28.7 Å². The lowest BCUT2D eigenvalue weighted by molar-refractivity contribution is -0.144. The number of thiophene rings is 1. The molecule has 1 aromatic heterocycles. The van der Waals surface area contributed by atoms with Crippen LogP contribution in [0.5, 0.6) is 0 Å². The van der Waals surface area contributed by atoms with Crippen molar-refractivity contribution in [3.8, 4) is 10.4 Å². The second-order valence-electron chi connectivity index (χ2n) is 13.6. The Balaban J connectivity index is 1.63. The average Bonchev–Trinajstić information content (AvgIpc) is 3.68. The number of fused-ring (bicyclic) bond motifs is 1. The zero-order chi connectivity index (χ0) is 36.6. The van der Waals surface area contributed by atoms with Gasteiger partial charge in [0.2, 0.25) is 23.6 Å². The van der Waals surface area contributed by atoms with Crippen molar-refractivity contribution in [2.45, 2.75) is 64.9 Å². The Labute approximate surface area is 295 Å². The number of benzene rings is 1. The monoisotopic (exact) mass is 713 g/mol. The first-order valence-corrected chi connectivity index (χ1v) is 17.4. The van der Waals surface area contributed by atoms with Gasteiger partial charge in [0.1, 0.15) is 24.9 Å². The summed E-state index contributed by atoms with van der Waals surface area (Å²) < 4.78 is 5.41. The van der Waals surface area contributed by atoms with Crippen LogP contribution >= 0.6 is 11.3 Å². The standard InChI is InChI=1S/C34H47N7O8S/c1-19-9-12-50-27(19)20-5-7-21(8-6-20)29-39-31(46)25-14-24(43)17-41(25)32(47)28(34(2,3)4)38-26(44)18-49-11-10-36-30(45)22(15-35)13-23(42)16-37-33(48)40-29/h5-9,12,22,24-25,28-29,43H,10-11,13-18,35H2,1-4H3,(H,36,45)(H,38,44)(H,39,46)(H2,37,40,48)/t22-,24-,25+,28-,29-/m1/s1. The van der Waals surface area contributed by atoms with E-state index in [1.807, 2.05) is 30.5 Å².